The number of halogens is 3. The standard InChI is InChI=1S/C13H15F3O2/c1-3-4-5-11(17)10-7-6-9(13(14,15)16)8-12(10)18-2/h6-8H,3-5H2,1-2H3. The molecule has 0 aliphatic rings. The third-order valence-corrected chi connectivity index (χ3v) is 2.59. The number of methoxy groups -OCH3 is 1. The smallest absolute Gasteiger partial charge is 0.416 e. The quantitative estimate of drug-likeness (QED) is 0.745. The van der Waals surface area contributed by atoms with Gasteiger partial charge < -0.3 is 4.74 Å². The molecule has 0 spiro atoms. The topological polar surface area (TPSA) is 26.3 Å². The van der Waals surface area contributed by atoms with E-state index in [-0.39, 0.29) is 17.1 Å². The molecule has 1 rings (SSSR count). The second-order valence-electron chi connectivity index (χ2n) is 3.94. The normalized spacial score (nSPS) is 11.4. The van der Waals surface area contributed by atoms with Crippen molar-refractivity contribution in [2.24, 2.45) is 0 Å². The zero-order chi connectivity index (χ0) is 13.8. The van der Waals surface area contributed by atoms with E-state index in [0.29, 0.717) is 12.8 Å². The predicted octanol–water partition coefficient (Wildman–Crippen LogP) is 4.09. The molecule has 0 aliphatic carbocycles. The maximum atomic E-state index is 12.5. The first-order chi connectivity index (χ1) is 8.40. The van der Waals surface area contributed by atoms with Crippen LogP contribution in [0.2, 0.25) is 0 Å². The summed E-state index contributed by atoms with van der Waals surface area (Å²) in [4.78, 5) is 11.8. The van der Waals surface area contributed by atoms with Crippen LogP contribution >= 0.6 is 0 Å². The largest absolute Gasteiger partial charge is 0.496 e. The van der Waals surface area contributed by atoms with Gasteiger partial charge in [-0.3, -0.25) is 4.79 Å². The predicted molar refractivity (Wildman–Crippen MR) is 61.9 cm³/mol. The number of hydrogen-bond acceptors (Lipinski definition) is 2. The molecule has 100 valence electrons. The van der Waals surface area contributed by atoms with Gasteiger partial charge in [-0.2, -0.15) is 13.2 Å². The number of benzene rings is 1. The highest BCUT2D eigenvalue weighted by atomic mass is 19.4. The summed E-state index contributed by atoms with van der Waals surface area (Å²) < 4.78 is 42.4. The number of Topliss-reactive ketones (excluding diaryl/α,β-unsaturated/α-hetero) is 1. The van der Waals surface area contributed by atoms with E-state index in [1.165, 1.54) is 13.2 Å². The molecule has 0 amide bonds. The van der Waals surface area contributed by atoms with E-state index in [2.05, 4.69) is 0 Å². The van der Waals surface area contributed by atoms with E-state index < -0.39 is 11.7 Å². The number of unbranched alkanes of at least 4 members (excludes halogenated alkanes) is 1. The average Bonchev–Trinajstić information content (AvgIpc) is 2.34. The second kappa shape index (κ2) is 5.89. The summed E-state index contributed by atoms with van der Waals surface area (Å²) in [5.74, 6) is -0.214. The minimum Gasteiger partial charge on any atom is -0.496 e. The number of carbonyl (C=O) groups excluding carboxylic acids is 1. The van der Waals surface area contributed by atoms with Crippen molar-refractivity contribution in [1.82, 2.24) is 0 Å². The minimum atomic E-state index is -4.43. The molecule has 0 aliphatic heterocycles. The highest BCUT2D eigenvalue weighted by Crippen LogP contribution is 2.33. The van der Waals surface area contributed by atoms with Crippen LogP contribution in [0.5, 0.6) is 5.75 Å². The van der Waals surface area contributed by atoms with E-state index in [9.17, 15) is 18.0 Å². The fourth-order valence-corrected chi connectivity index (χ4v) is 1.57. The van der Waals surface area contributed by atoms with Crippen LogP contribution in [0.4, 0.5) is 13.2 Å². The fraction of sp³-hybridized carbons (Fsp3) is 0.462. The van der Waals surface area contributed by atoms with Crippen molar-refractivity contribution in [2.45, 2.75) is 32.4 Å². The molecule has 0 aromatic heterocycles. The Morgan fingerprint density at radius 2 is 2.00 bits per heavy atom. The number of rotatable bonds is 5. The van der Waals surface area contributed by atoms with Gasteiger partial charge >= 0.3 is 6.18 Å². The lowest BCUT2D eigenvalue weighted by atomic mass is 10.0. The minimum absolute atomic E-state index is 0.0223. The third kappa shape index (κ3) is 3.48. The van der Waals surface area contributed by atoms with E-state index in [1.807, 2.05) is 6.92 Å². The van der Waals surface area contributed by atoms with Gasteiger partial charge in [0.2, 0.25) is 0 Å². The van der Waals surface area contributed by atoms with Crippen LogP contribution in [0.25, 0.3) is 0 Å². The maximum Gasteiger partial charge on any atom is 0.416 e. The summed E-state index contributed by atoms with van der Waals surface area (Å²) in [7, 11) is 1.26. The lowest BCUT2D eigenvalue weighted by Gasteiger charge is -2.11. The summed E-state index contributed by atoms with van der Waals surface area (Å²) in [5.41, 5.74) is -0.606. The van der Waals surface area contributed by atoms with Crippen LogP contribution in [-0.4, -0.2) is 12.9 Å². The Kier molecular flexibility index (Phi) is 4.76. The van der Waals surface area contributed by atoms with Crippen LogP contribution in [0.3, 0.4) is 0 Å². The van der Waals surface area contributed by atoms with Gasteiger partial charge in [0.1, 0.15) is 5.75 Å². The molecule has 1 aromatic rings. The third-order valence-electron chi connectivity index (χ3n) is 2.59. The summed E-state index contributed by atoms with van der Waals surface area (Å²) in [5, 5.41) is 0. The van der Waals surface area contributed by atoms with E-state index in [1.54, 1.807) is 0 Å². The molecule has 1 aromatic carbocycles. The lowest BCUT2D eigenvalue weighted by Crippen LogP contribution is -2.08. The molecule has 0 N–H and O–H groups in total. The van der Waals surface area contributed by atoms with Gasteiger partial charge in [-0.15, -0.1) is 0 Å². The molecule has 0 atom stereocenters. The van der Waals surface area contributed by atoms with E-state index in [4.69, 9.17) is 4.74 Å². The first-order valence-corrected chi connectivity index (χ1v) is 5.68. The van der Waals surface area contributed by atoms with Crippen molar-refractivity contribution < 1.29 is 22.7 Å². The fourth-order valence-electron chi connectivity index (χ4n) is 1.57. The first kappa shape index (κ1) is 14.5. The van der Waals surface area contributed by atoms with Crippen molar-refractivity contribution >= 4 is 5.78 Å². The molecule has 0 radical (unpaired) electrons. The van der Waals surface area contributed by atoms with Crippen molar-refractivity contribution in [3.8, 4) is 5.75 Å². The molecule has 5 heteroatoms. The summed E-state index contributed by atoms with van der Waals surface area (Å²) in [6.45, 7) is 1.94. The van der Waals surface area contributed by atoms with Gasteiger partial charge in [-0.1, -0.05) is 13.3 Å². The van der Waals surface area contributed by atoms with Crippen molar-refractivity contribution in [3.63, 3.8) is 0 Å². The first-order valence-electron chi connectivity index (χ1n) is 5.68. The maximum absolute atomic E-state index is 12.5. The Labute approximate surface area is 104 Å². The summed E-state index contributed by atoms with van der Waals surface area (Å²) in [6.07, 6.45) is -2.55. The Morgan fingerprint density at radius 1 is 1.33 bits per heavy atom. The van der Waals surface area contributed by atoms with Crippen molar-refractivity contribution in [2.75, 3.05) is 7.11 Å². The molecule has 2 nitrogen and oxygen atoms in total. The number of ether oxygens (including phenoxy) is 1. The molecule has 0 heterocycles. The molecular formula is C13H15F3O2. The van der Waals surface area contributed by atoms with Crippen LogP contribution in [0.1, 0.15) is 42.1 Å². The highest BCUT2D eigenvalue weighted by Gasteiger charge is 2.31. The SMILES string of the molecule is CCCCC(=O)c1ccc(C(F)(F)F)cc1OC. The van der Waals surface area contributed by atoms with Crippen molar-refractivity contribution in [3.05, 3.63) is 29.3 Å². The Bertz CT molecular complexity index is 425. The number of hydrogen-bond donors (Lipinski definition) is 0. The van der Waals surface area contributed by atoms with Crippen LogP contribution in [0, 0.1) is 0 Å². The van der Waals surface area contributed by atoms with Gasteiger partial charge in [-0.05, 0) is 24.6 Å². The molecule has 0 saturated carbocycles. The summed E-state index contributed by atoms with van der Waals surface area (Å²) >= 11 is 0. The van der Waals surface area contributed by atoms with Gasteiger partial charge in [0.15, 0.2) is 5.78 Å². The lowest BCUT2D eigenvalue weighted by molar-refractivity contribution is -0.137. The van der Waals surface area contributed by atoms with Crippen LogP contribution in [-0.2, 0) is 6.18 Å². The Morgan fingerprint density at radius 3 is 2.50 bits per heavy atom. The number of carbonyl (C=O) groups is 1. The molecule has 0 fully saturated rings. The van der Waals surface area contributed by atoms with Gasteiger partial charge in [0.05, 0.1) is 18.2 Å². The Hall–Kier alpha value is -1.52. The van der Waals surface area contributed by atoms with E-state index >= 15 is 0 Å². The van der Waals surface area contributed by atoms with Gasteiger partial charge in [0, 0.05) is 6.42 Å². The zero-order valence-electron chi connectivity index (χ0n) is 10.3. The van der Waals surface area contributed by atoms with Crippen LogP contribution in [0.15, 0.2) is 18.2 Å². The highest BCUT2D eigenvalue weighted by molar-refractivity contribution is 5.98. The summed E-state index contributed by atoms with van der Waals surface area (Å²) in [6, 6.07) is 2.94. The second-order valence-corrected chi connectivity index (χ2v) is 3.94. The monoisotopic (exact) mass is 260 g/mol. The molecular weight excluding hydrogens is 245 g/mol. The molecule has 0 bridgehead atoms. The van der Waals surface area contributed by atoms with Crippen molar-refractivity contribution in [1.29, 1.82) is 0 Å². The van der Waals surface area contributed by atoms with Crippen LogP contribution < -0.4 is 4.74 Å². The number of alkyl halides is 3. The molecule has 0 unspecified atom stereocenters. The van der Waals surface area contributed by atoms with E-state index in [0.717, 1.165) is 18.6 Å². The van der Waals surface area contributed by atoms with Gasteiger partial charge in [-0.25, -0.2) is 0 Å². The number of ketones is 1. The zero-order valence-corrected chi connectivity index (χ0v) is 10.3. The van der Waals surface area contributed by atoms with Gasteiger partial charge in [0.25, 0.3) is 0 Å². The average molecular weight is 260 g/mol. The Balaban J connectivity index is 3.04. The molecule has 0 saturated heterocycles. The molecule has 18 heavy (non-hydrogen) atoms.